The Labute approximate surface area is 245 Å². The second kappa shape index (κ2) is 16.0. The Morgan fingerprint density at radius 1 is 1.03 bits per heavy atom. The fourth-order valence-corrected chi connectivity index (χ4v) is 5.01. The van der Waals surface area contributed by atoms with Gasteiger partial charge in [0.1, 0.15) is 0 Å². The summed E-state index contributed by atoms with van der Waals surface area (Å²) in [7, 11) is 0. The minimum atomic E-state index is -0.649. The van der Waals surface area contributed by atoms with E-state index in [1.807, 2.05) is 65.1 Å². The first-order valence-electron chi connectivity index (χ1n) is 12.7. The van der Waals surface area contributed by atoms with Crippen molar-refractivity contribution < 1.29 is 14.6 Å². The summed E-state index contributed by atoms with van der Waals surface area (Å²) in [5.74, 6) is 0.195. The molecule has 3 aromatic heterocycles. The molecule has 0 radical (unpaired) electrons. The van der Waals surface area contributed by atoms with Crippen molar-refractivity contribution >= 4 is 35.8 Å². The summed E-state index contributed by atoms with van der Waals surface area (Å²) in [6.07, 6.45) is 16.6. The number of rotatable bonds is 11. The van der Waals surface area contributed by atoms with Crippen LogP contribution in [0.4, 0.5) is 0 Å². The van der Waals surface area contributed by atoms with E-state index >= 15 is 0 Å². The van der Waals surface area contributed by atoms with E-state index in [1.54, 1.807) is 36.8 Å². The van der Waals surface area contributed by atoms with Crippen LogP contribution in [0.25, 0.3) is 0 Å². The van der Waals surface area contributed by atoms with Crippen molar-refractivity contribution in [3.8, 4) is 0 Å². The number of halogens is 2. The Balaban J connectivity index is 0.000000324. The van der Waals surface area contributed by atoms with Gasteiger partial charge in [0.05, 0.1) is 38.0 Å². The summed E-state index contributed by atoms with van der Waals surface area (Å²) in [6.45, 7) is 3.82. The van der Waals surface area contributed by atoms with Gasteiger partial charge in [0.2, 0.25) is 0 Å². The molecule has 0 amide bonds. The molecular weight excluding hydrogens is 557 g/mol. The van der Waals surface area contributed by atoms with Crippen LogP contribution in [0.2, 0.25) is 5.02 Å². The van der Waals surface area contributed by atoms with Gasteiger partial charge in [0.25, 0.3) is 0 Å². The third-order valence-corrected chi connectivity index (χ3v) is 7.54. The van der Waals surface area contributed by atoms with Crippen LogP contribution in [0.1, 0.15) is 25.3 Å². The van der Waals surface area contributed by atoms with Crippen LogP contribution in [-0.2, 0) is 29.0 Å². The van der Waals surface area contributed by atoms with Gasteiger partial charge in [-0.2, -0.15) is 0 Å². The molecule has 1 aliphatic rings. The van der Waals surface area contributed by atoms with Gasteiger partial charge in [-0.15, -0.1) is 24.2 Å². The summed E-state index contributed by atoms with van der Waals surface area (Å²) >= 11 is 7.76. The number of hydrogen-bond acceptors (Lipinski definition) is 7. The topological polar surface area (TPSA) is 87.2 Å². The lowest BCUT2D eigenvalue weighted by molar-refractivity contribution is -0.180. The Morgan fingerprint density at radius 2 is 1.72 bits per heavy atom. The highest BCUT2D eigenvalue weighted by Crippen LogP contribution is 2.33. The van der Waals surface area contributed by atoms with Crippen LogP contribution in [0.3, 0.4) is 0 Å². The summed E-state index contributed by atoms with van der Waals surface area (Å²) in [5, 5.41) is 9.93. The maximum absolute atomic E-state index is 9.18. The number of pyridine rings is 1. The minimum Gasteiger partial charge on any atom is -0.391 e. The number of aromatic nitrogens is 5. The molecular formula is C28H35Cl2N5O3S. The molecule has 0 bridgehead atoms. The number of ether oxygens (including phenoxy) is 2. The van der Waals surface area contributed by atoms with Gasteiger partial charge in [-0.1, -0.05) is 30.7 Å². The molecule has 8 nitrogen and oxygen atoms in total. The van der Waals surface area contributed by atoms with Crippen molar-refractivity contribution in [1.29, 1.82) is 0 Å². The van der Waals surface area contributed by atoms with Gasteiger partial charge in [-0.25, -0.2) is 9.97 Å². The molecule has 1 fully saturated rings. The van der Waals surface area contributed by atoms with Crippen LogP contribution in [0.5, 0.6) is 0 Å². The van der Waals surface area contributed by atoms with E-state index < -0.39 is 5.79 Å². The van der Waals surface area contributed by atoms with E-state index in [4.69, 9.17) is 21.1 Å². The fourth-order valence-electron chi connectivity index (χ4n) is 4.03. The SMILES string of the molecule is CCC(O)Cn1ccnc1.Cl.Clc1ccc(CC[C@@]2(Cn3ccnc3)OC[C@@H](CSc3ccncc3)O2)cc1. The largest absolute Gasteiger partial charge is 0.391 e. The molecule has 11 heteroatoms. The smallest absolute Gasteiger partial charge is 0.187 e. The molecule has 1 aromatic carbocycles. The van der Waals surface area contributed by atoms with Crippen LogP contribution in [0, 0.1) is 0 Å². The van der Waals surface area contributed by atoms with E-state index in [1.165, 1.54) is 10.5 Å². The number of hydrogen-bond donors (Lipinski definition) is 1. The second-order valence-corrected chi connectivity index (χ2v) is 10.7. The zero-order valence-electron chi connectivity index (χ0n) is 21.9. The standard InChI is InChI=1S/C21H22ClN3O2S.C7H12N2O.ClH/c22-18-3-1-17(2-4-18)5-8-21(15-25-12-11-24-16-25)26-13-19(27-21)14-28-20-6-9-23-10-7-20;1-2-7(10)5-9-4-3-8-6-9;/h1-4,6-7,9-12,16,19H,5,8,13-15H2;3-4,6-7,10H,2,5H2,1H3;1H/t19-,21+;;/m0../s1. The Morgan fingerprint density at radius 3 is 2.36 bits per heavy atom. The number of benzene rings is 1. The highest BCUT2D eigenvalue weighted by atomic mass is 35.5. The summed E-state index contributed by atoms with van der Waals surface area (Å²) in [5.41, 5.74) is 1.22. The summed E-state index contributed by atoms with van der Waals surface area (Å²) in [4.78, 5) is 13.3. The third-order valence-electron chi connectivity index (χ3n) is 6.14. The molecule has 210 valence electrons. The number of aliphatic hydroxyl groups excluding tert-OH is 1. The van der Waals surface area contributed by atoms with Crippen molar-refractivity contribution in [3.63, 3.8) is 0 Å². The Kier molecular flexibility index (Phi) is 12.8. The zero-order chi connectivity index (χ0) is 26.6. The average Bonchev–Trinajstić information content (AvgIpc) is 3.72. The monoisotopic (exact) mass is 591 g/mol. The molecule has 0 aliphatic carbocycles. The summed E-state index contributed by atoms with van der Waals surface area (Å²) in [6, 6.07) is 12.0. The first-order valence-corrected chi connectivity index (χ1v) is 14.1. The van der Waals surface area contributed by atoms with E-state index in [0.717, 1.165) is 30.0 Å². The van der Waals surface area contributed by atoms with E-state index in [-0.39, 0.29) is 24.6 Å². The number of nitrogens with zero attached hydrogens (tertiary/aromatic N) is 5. The van der Waals surface area contributed by atoms with Gasteiger partial charge in [-0.05, 0) is 42.7 Å². The third kappa shape index (κ3) is 10.3. The molecule has 0 spiro atoms. The maximum Gasteiger partial charge on any atom is 0.187 e. The minimum absolute atomic E-state index is 0. The van der Waals surface area contributed by atoms with Gasteiger partial charge in [0, 0.05) is 65.8 Å². The predicted octanol–water partition coefficient (Wildman–Crippen LogP) is 5.54. The highest BCUT2D eigenvalue weighted by Gasteiger charge is 2.41. The average molecular weight is 593 g/mol. The predicted molar refractivity (Wildman–Crippen MR) is 156 cm³/mol. The number of aliphatic hydroxyl groups is 1. The van der Waals surface area contributed by atoms with Crippen LogP contribution in [0.15, 0.2) is 91.1 Å². The van der Waals surface area contributed by atoms with Gasteiger partial charge >= 0.3 is 0 Å². The van der Waals surface area contributed by atoms with Crippen LogP contribution >= 0.6 is 35.8 Å². The first-order chi connectivity index (χ1) is 18.5. The molecule has 0 saturated carbocycles. The van der Waals surface area contributed by atoms with Gasteiger partial charge in [0.15, 0.2) is 5.79 Å². The molecule has 4 heterocycles. The number of imidazole rings is 2. The molecule has 1 unspecified atom stereocenters. The van der Waals surface area contributed by atoms with E-state index in [2.05, 4.69) is 27.1 Å². The highest BCUT2D eigenvalue weighted by molar-refractivity contribution is 7.99. The van der Waals surface area contributed by atoms with Crippen molar-refractivity contribution in [2.75, 3.05) is 12.4 Å². The molecule has 1 N–H and O–H groups in total. The summed E-state index contributed by atoms with van der Waals surface area (Å²) < 4.78 is 16.6. The molecule has 5 rings (SSSR count). The fraction of sp³-hybridized carbons (Fsp3) is 0.393. The molecule has 3 atom stereocenters. The van der Waals surface area contributed by atoms with Crippen molar-refractivity contribution in [2.24, 2.45) is 0 Å². The van der Waals surface area contributed by atoms with Crippen molar-refractivity contribution in [1.82, 2.24) is 24.1 Å². The first kappa shape index (κ1) is 31.1. The lowest BCUT2D eigenvalue weighted by atomic mass is 10.0. The van der Waals surface area contributed by atoms with Crippen LogP contribution in [-0.4, -0.2) is 59.5 Å². The van der Waals surface area contributed by atoms with Crippen molar-refractivity contribution in [2.45, 2.75) is 62.2 Å². The molecule has 39 heavy (non-hydrogen) atoms. The van der Waals surface area contributed by atoms with Gasteiger partial charge < -0.3 is 23.7 Å². The Hall–Kier alpha value is -2.40. The van der Waals surface area contributed by atoms with Gasteiger partial charge in [-0.3, -0.25) is 4.98 Å². The molecule has 1 aliphatic heterocycles. The van der Waals surface area contributed by atoms with Crippen molar-refractivity contribution in [3.05, 3.63) is 96.8 Å². The lowest BCUT2D eigenvalue weighted by Crippen LogP contribution is -2.37. The number of thioether (sulfide) groups is 1. The Bertz CT molecular complexity index is 1180. The maximum atomic E-state index is 9.18. The molecule has 1 saturated heterocycles. The van der Waals surface area contributed by atoms with Crippen LogP contribution < -0.4 is 0 Å². The number of aryl methyl sites for hydroxylation is 1. The molecule has 4 aromatic rings. The normalized spacial score (nSPS) is 19.1. The quantitative estimate of drug-likeness (QED) is 0.229. The van der Waals surface area contributed by atoms with E-state index in [0.29, 0.717) is 19.7 Å². The lowest BCUT2D eigenvalue weighted by Gasteiger charge is -2.28. The zero-order valence-corrected chi connectivity index (χ0v) is 24.3. The second-order valence-electron chi connectivity index (χ2n) is 9.14. The van der Waals surface area contributed by atoms with E-state index in [9.17, 15) is 5.11 Å².